The number of carbonyl (C=O) groups excluding carboxylic acids is 1. The van der Waals surface area contributed by atoms with Crippen molar-refractivity contribution in [1.29, 1.82) is 0 Å². The predicted octanol–water partition coefficient (Wildman–Crippen LogP) is 17.0. The van der Waals surface area contributed by atoms with E-state index in [0.717, 1.165) is 122 Å². The minimum absolute atomic E-state index is 0.250. The molecule has 2 rings (SSSR count). The Kier molecular flexibility index (Phi) is 59.4. The first-order valence-corrected chi connectivity index (χ1v) is 38.2. The average molecular weight is 1360 g/mol. The number of aliphatic hydroxyl groups is 8. The topological polar surface area (TPSA) is 228 Å². The van der Waals surface area contributed by atoms with E-state index in [1.807, 2.05) is 6.08 Å². The fourth-order valence-corrected chi connectivity index (χ4v) is 11.4. The van der Waals surface area contributed by atoms with Gasteiger partial charge in [-0.05, 0) is 122 Å². The van der Waals surface area contributed by atoms with E-state index in [2.05, 4.69) is 165 Å². The summed E-state index contributed by atoms with van der Waals surface area (Å²) in [4.78, 5) is 13.4. The lowest BCUT2D eigenvalue weighted by Crippen LogP contribution is -2.65. The highest BCUT2D eigenvalue weighted by Gasteiger charge is 2.51. The van der Waals surface area contributed by atoms with Crippen LogP contribution >= 0.6 is 0 Å². The molecule has 97 heavy (non-hydrogen) atoms. The molecule has 12 atom stereocenters. The van der Waals surface area contributed by atoms with Crippen molar-refractivity contribution in [2.24, 2.45) is 0 Å². The second-order valence-corrected chi connectivity index (χ2v) is 26.0. The number of hydrogen-bond donors (Lipinski definition) is 9. The highest BCUT2D eigenvalue weighted by atomic mass is 16.7. The van der Waals surface area contributed by atoms with Crippen LogP contribution in [-0.2, 0) is 23.7 Å². The predicted molar refractivity (Wildman–Crippen MR) is 401 cm³/mol. The van der Waals surface area contributed by atoms with Gasteiger partial charge in [-0.15, -0.1) is 0 Å². The molecule has 14 heteroatoms. The lowest BCUT2D eigenvalue weighted by molar-refractivity contribution is -0.359. The molecule has 0 spiro atoms. The van der Waals surface area contributed by atoms with E-state index in [9.17, 15) is 45.6 Å². The van der Waals surface area contributed by atoms with Crippen LogP contribution in [0.3, 0.4) is 0 Å². The van der Waals surface area contributed by atoms with Gasteiger partial charge in [0.15, 0.2) is 12.6 Å². The first kappa shape index (κ1) is 88.7. The van der Waals surface area contributed by atoms with Crippen molar-refractivity contribution in [3.8, 4) is 0 Å². The molecule has 2 saturated heterocycles. The smallest absolute Gasteiger partial charge is 0.220 e. The Bertz CT molecular complexity index is 2240. The van der Waals surface area contributed by atoms with Crippen LogP contribution in [0.15, 0.2) is 158 Å². The highest BCUT2D eigenvalue weighted by molar-refractivity contribution is 5.76. The van der Waals surface area contributed by atoms with E-state index in [0.29, 0.717) is 12.8 Å². The minimum Gasteiger partial charge on any atom is -0.394 e. The van der Waals surface area contributed by atoms with Gasteiger partial charge in [-0.25, -0.2) is 0 Å². The summed E-state index contributed by atoms with van der Waals surface area (Å²) in [5.41, 5.74) is 0. The van der Waals surface area contributed by atoms with Crippen LogP contribution < -0.4 is 5.32 Å². The first-order valence-electron chi connectivity index (χ1n) is 38.2. The molecule has 1 amide bonds. The summed E-state index contributed by atoms with van der Waals surface area (Å²) >= 11 is 0. The highest BCUT2D eigenvalue weighted by Crippen LogP contribution is 2.30. The van der Waals surface area contributed by atoms with Gasteiger partial charge < -0.3 is 65.1 Å². The van der Waals surface area contributed by atoms with Crippen molar-refractivity contribution >= 4 is 5.91 Å². The normalized spacial score (nSPS) is 23.1. The number of carbonyl (C=O) groups is 1. The van der Waals surface area contributed by atoms with Crippen LogP contribution in [0.25, 0.3) is 0 Å². The van der Waals surface area contributed by atoms with Gasteiger partial charge >= 0.3 is 0 Å². The molecule has 552 valence electrons. The molecule has 0 aromatic heterocycles. The molecule has 2 aliphatic heterocycles. The Balaban J connectivity index is 1.67. The third kappa shape index (κ3) is 48.1. The van der Waals surface area contributed by atoms with Crippen LogP contribution in [-0.4, -0.2) is 140 Å². The van der Waals surface area contributed by atoms with Crippen molar-refractivity contribution in [2.75, 3.05) is 19.8 Å². The van der Waals surface area contributed by atoms with Crippen molar-refractivity contribution in [2.45, 2.75) is 338 Å². The summed E-state index contributed by atoms with van der Waals surface area (Å²) in [5, 5.41) is 87.5. The molecule has 0 aromatic carbocycles. The summed E-state index contributed by atoms with van der Waals surface area (Å²) < 4.78 is 22.8. The van der Waals surface area contributed by atoms with E-state index < -0.39 is 86.8 Å². The Morgan fingerprint density at radius 3 is 1.13 bits per heavy atom. The van der Waals surface area contributed by atoms with Gasteiger partial charge in [-0.2, -0.15) is 0 Å². The lowest BCUT2D eigenvalue weighted by atomic mass is 9.97. The molecule has 0 bridgehead atoms. The molecule has 2 heterocycles. The fourth-order valence-electron chi connectivity index (χ4n) is 11.4. The van der Waals surface area contributed by atoms with Crippen LogP contribution in [0, 0.1) is 0 Å². The van der Waals surface area contributed by atoms with Crippen LogP contribution in [0.1, 0.15) is 264 Å². The van der Waals surface area contributed by atoms with Gasteiger partial charge in [-0.3, -0.25) is 4.79 Å². The maximum Gasteiger partial charge on any atom is 0.220 e. The monoisotopic (exact) mass is 1360 g/mol. The fraction of sp³-hybridized carbons (Fsp3) is 0.675. The third-order valence-corrected chi connectivity index (χ3v) is 17.4. The van der Waals surface area contributed by atoms with E-state index in [1.54, 1.807) is 6.08 Å². The minimum atomic E-state index is -1.80. The average Bonchev–Trinajstić information content (AvgIpc) is 0.794. The Morgan fingerprint density at radius 2 is 0.722 bits per heavy atom. The van der Waals surface area contributed by atoms with Gasteiger partial charge in [0.1, 0.15) is 48.8 Å². The number of allylic oxidation sites excluding steroid dienone is 25. The first-order chi connectivity index (χ1) is 47.6. The van der Waals surface area contributed by atoms with Gasteiger partial charge in [-0.1, -0.05) is 294 Å². The van der Waals surface area contributed by atoms with Crippen molar-refractivity contribution in [3.63, 3.8) is 0 Å². The van der Waals surface area contributed by atoms with E-state index in [-0.39, 0.29) is 18.9 Å². The maximum absolute atomic E-state index is 13.4. The molecular weight excluding hydrogens is 1220 g/mol. The van der Waals surface area contributed by atoms with Crippen molar-refractivity contribution < 1.29 is 64.6 Å². The molecule has 12 unspecified atom stereocenters. The van der Waals surface area contributed by atoms with Gasteiger partial charge in [0.05, 0.1) is 32.0 Å². The van der Waals surface area contributed by atoms with Crippen LogP contribution in [0.4, 0.5) is 0 Å². The molecule has 0 aliphatic carbocycles. The van der Waals surface area contributed by atoms with Crippen molar-refractivity contribution in [3.05, 3.63) is 158 Å². The molecule has 2 fully saturated rings. The second-order valence-electron chi connectivity index (χ2n) is 26.0. The largest absolute Gasteiger partial charge is 0.394 e. The molecule has 0 aromatic rings. The molecule has 0 radical (unpaired) electrons. The molecule has 0 saturated carbocycles. The maximum atomic E-state index is 13.4. The number of amides is 1. The third-order valence-electron chi connectivity index (χ3n) is 17.4. The summed E-state index contributed by atoms with van der Waals surface area (Å²) in [5.74, 6) is -0.267. The summed E-state index contributed by atoms with van der Waals surface area (Å²) in [7, 11) is 0. The van der Waals surface area contributed by atoms with E-state index in [1.165, 1.54) is 109 Å². The zero-order valence-corrected chi connectivity index (χ0v) is 60.3. The number of nitrogens with one attached hydrogen (secondary N) is 1. The van der Waals surface area contributed by atoms with Crippen LogP contribution in [0.5, 0.6) is 0 Å². The zero-order chi connectivity index (χ0) is 70.1. The number of aliphatic hydroxyl groups excluding tert-OH is 8. The summed E-state index contributed by atoms with van der Waals surface area (Å²) in [6, 6.07) is -0.956. The Hall–Kier alpha value is -4.39. The standard InChI is InChI=1S/C83H137NO13/c1-3-5-7-9-11-13-15-17-19-21-23-25-27-29-30-31-32-33-34-35-36-37-38-39-40-41-42-43-45-47-49-51-53-55-57-59-61-63-65-67-75(88)84-71(70-94-82-80(93)78(91)81(74(69-86)96-82)97-83-79(92)77(90)76(89)73(68-85)95-83)72(87)66-64-62-60-58-56-54-52-50-48-46-44-28-26-24-22-20-18-16-14-12-10-8-6-4-2/h5,7,11,13,17,19,23,25,29-30,32-33,35-36,38-39,41-42,45,47-48,50,56,58,64,66,71-74,76-83,85-87,89-93H,3-4,6,8-10,12,14-16,18,20-22,24,26-28,31,34,37,40,43-44,46,49,51-55,57,59-63,65,67-70H2,1-2H3,(H,84,88)/b7-5-,13-11-,19-17-,25-23-,30-29-,33-32-,36-35-,39-38-,42-41-,47-45-,50-48+,58-56+,66-64+. The number of unbranched alkanes of at least 4 members (excludes halogenated alkanes) is 24. The number of rotatable bonds is 61. The number of hydrogen-bond acceptors (Lipinski definition) is 13. The molecule has 2 aliphatic rings. The summed E-state index contributed by atoms with van der Waals surface area (Å²) in [6.45, 7) is 2.66. The summed E-state index contributed by atoms with van der Waals surface area (Å²) in [6.07, 6.45) is 83.0. The Labute approximate surface area is 588 Å². The van der Waals surface area contributed by atoms with Gasteiger partial charge in [0.2, 0.25) is 5.91 Å². The SMILES string of the molecule is CC/C=C\C/C=C\C/C=C\C/C=C\C/C=C\C/C=C\C/C=C\C/C=C\C/C=C\C/C=C\CCCCCCCCCCC(=O)NC(COC1OC(CO)C(OC2OC(CO)C(O)C(O)C2O)C(O)C1O)C(O)/C=C/CC/C=C/CC/C=C/CCCCCCCCCCCCCCCC. The lowest BCUT2D eigenvalue weighted by Gasteiger charge is -2.46. The zero-order valence-electron chi connectivity index (χ0n) is 60.3. The van der Waals surface area contributed by atoms with Gasteiger partial charge in [0.25, 0.3) is 0 Å². The van der Waals surface area contributed by atoms with Gasteiger partial charge in [0, 0.05) is 6.42 Å². The number of ether oxygens (including phenoxy) is 4. The second kappa shape index (κ2) is 65.0. The molecular formula is C83H137NO13. The molecule has 9 N–H and O–H groups in total. The van der Waals surface area contributed by atoms with Crippen LogP contribution in [0.2, 0.25) is 0 Å². The van der Waals surface area contributed by atoms with Crippen molar-refractivity contribution in [1.82, 2.24) is 5.32 Å². The quantitative estimate of drug-likeness (QED) is 0.0204. The van der Waals surface area contributed by atoms with E-state index >= 15 is 0 Å². The molecule has 14 nitrogen and oxygen atoms in total. The Morgan fingerprint density at radius 1 is 0.381 bits per heavy atom. The van der Waals surface area contributed by atoms with E-state index in [4.69, 9.17) is 18.9 Å².